The van der Waals surface area contributed by atoms with Crippen LogP contribution in [0.2, 0.25) is 0 Å². The summed E-state index contributed by atoms with van der Waals surface area (Å²) < 4.78 is 43.5. The first-order valence-electron chi connectivity index (χ1n) is 8.64. The molecule has 27 heavy (non-hydrogen) atoms. The van der Waals surface area contributed by atoms with E-state index in [2.05, 4.69) is 9.97 Å². The van der Waals surface area contributed by atoms with Crippen LogP contribution in [-0.2, 0) is 20.3 Å². The largest absolute Gasteiger partial charge is 0.379 e. The van der Waals surface area contributed by atoms with Gasteiger partial charge in [-0.15, -0.1) is 0 Å². The van der Waals surface area contributed by atoms with Crippen molar-refractivity contribution in [3.63, 3.8) is 0 Å². The van der Waals surface area contributed by atoms with Gasteiger partial charge in [-0.3, -0.25) is 0 Å². The third-order valence-corrected chi connectivity index (χ3v) is 5.20. The van der Waals surface area contributed by atoms with Crippen LogP contribution in [0.25, 0.3) is 0 Å². The minimum absolute atomic E-state index is 0.165. The number of sulfone groups is 1. The summed E-state index contributed by atoms with van der Waals surface area (Å²) >= 11 is 0. The summed E-state index contributed by atoms with van der Waals surface area (Å²) in [6.45, 7) is 3.32. The van der Waals surface area contributed by atoms with E-state index in [0.717, 1.165) is 18.4 Å². The van der Waals surface area contributed by atoms with Crippen LogP contribution >= 0.6 is 0 Å². The highest BCUT2D eigenvalue weighted by Crippen LogP contribution is 2.31. The first kappa shape index (κ1) is 19.5. The Morgan fingerprint density at radius 3 is 2.78 bits per heavy atom. The minimum Gasteiger partial charge on any atom is -0.379 e. The number of nitrogens with two attached hydrogens (primary N) is 1. The van der Waals surface area contributed by atoms with Crippen molar-refractivity contribution >= 4 is 21.6 Å². The Morgan fingerprint density at radius 2 is 2.11 bits per heavy atom. The van der Waals surface area contributed by atoms with E-state index in [1.54, 1.807) is 12.1 Å². The van der Waals surface area contributed by atoms with Gasteiger partial charge >= 0.3 is 0 Å². The molecule has 3 rings (SSSR count). The maximum absolute atomic E-state index is 14.9. The molecule has 1 atom stereocenters. The summed E-state index contributed by atoms with van der Waals surface area (Å²) in [7, 11) is -3.23. The van der Waals surface area contributed by atoms with Gasteiger partial charge in [0.25, 0.3) is 0 Å². The van der Waals surface area contributed by atoms with Gasteiger partial charge in [-0.05, 0) is 25.0 Å². The van der Waals surface area contributed by atoms with E-state index >= 15 is 0 Å². The topological polar surface area (TPSA) is 98.4 Å². The summed E-state index contributed by atoms with van der Waals surface area (Å²) in [5.41, 5.74) is 7.37. The molecule has 1 unspecified atom stereocenters. The van der Waals surface area contributed by atoms with Gasteiger partial charge in [0.15, 0.2) is 9.84 Å². The van der Waals surface area contributed by atoms with Gasteiger partial charge < -0.3 is 15.4 Å². The zero-order chi connectivity index (χ0) is 19.6. The fraction of sp³-hybridized carbons (Fsp3) is 0.444. The van der Waals surface area contributed by atoms with Crippen LogP contribution in [-0.4, -0.2) is 44.4 Å². The van der Waals surface area contributed by atoms with Crippen molar-refractivity contribution in [1.82, 2.24) is 9.97 Å². The fourth-order valence-corrected chi connectivity index (χ4v) is 4.05. The second kappa shape index (κ2) is 7.77. The molecule has 2 N–H and O–H groups in total. The van der Waals surface area contributed by atoms with E-state index < -0.39 is 21.7 Å². The molecule has 1 fully saturated rings. The first-order chi connectivity index (χ1) is 12.7. The molecule has 0 radical (unpaired) electrons. The van der Waals surface area contributed by atoms with Crippen molar-refractivity contribution in [2.45, 2.75) is 25.1 Å². The molecule has 2 aromatic rings. The molecule has 1 aromatic carbocycles. The number of nitrogen functional groups attached to an aromatic ring is 1. The van der Waals surface area contributed by atoms with Gasteiger partial charge in [-0.1, -0.05) is 12.1 Å². The number of benzene rings is 1. The number of hydrogen-bond donors (Lipinski definition) is 1. The number of rotatable bonds is 4. The summed E-state index contributed by atoms with van der Waals surface area (Å²) in [4.78, 5) is 10.4. The van der Waals surface area contributed by atoms with Crippen LogP contribution in [0, 0.1) is 12.7 Å². The molecule has 0 saturated carbocycles. The average molecular weight is 394 g/mol. The van der Waals surface area contributed by atoms with Gasteiger partial charge in [0, 0.05) is 36.7 Å². The Kier molecular flexibility index (Phi) is 5.61. The maximum atomic E-state index is 14.9. The van der Waals surface area contributed by atoms with E-state index in [1.165, 1.54) is 6.07 Å². The third-order valence-electron chi connectivity index (χ3n) is 4.34. The molecule has 1 aliphatic rings. The highest BCUT2D eigenvalue weighted by atomic mass is 32.2. The normalized spacial score (nSPS) is 18.3. The van der Waals surface area contributed by atoms with E-state index in [1.807, 2.05) is 17.9 Å². The fourth-order valence-electron chi connectivity index (χ4n) is 3.26. The number of anilines is 2. The summed E-state index contributed by atoms with van der Waals surface area (Å²) in [5.74, 6) is 0.125. The Balaban J connectivity index is 1.98. The molecule has 2 heterocycles. The number of aromatic nitrogens is 2. The number of aryl methyl sites for hydroxylation is 1. The average Bonchev–Trinajstić information content (AvgIpc) is 2.78. The van der Waals surface area contributed by atoms with Crippen molar-refractivity contribution in [3.05, 3.63) is 46.9 Å². The lowest BCUT2D eigenvalue weighted by atomic mass is 10.0. The van der Waals surface area contributed by atoms with Crippen molar-refractivity contribution in [2.75, 3.05) is 36.6 Å². The van der Waals surface area contributed by atoms with Crippen molar-refractivity contribution in [2.24, 2.45) is 0 Å². The van der Waals surface area contributed by atoms with Crippen molar-refractivity contribution in [3.8, 4) is 0 Å². The second-order valence-electron chi connectivity index (χ2n) is 6.79. The number of nitrogens with zero attached hydrogens (tertiary/aromatic N) is 3. The quantitative estimate of drug-likeness (QED) is 0.847. The summed E-state index contributed by atoms with van der Waals surface area (Å²) in [6.07, 6.45) is 1.90. The van der Waals surface area contributed by atoms with Gasteiger partial charge in [0.05, 0.1) is 18.4 Å². The molecule has 146 valence electrons. The summed E-state index contributed by atoms with van der Waals surface area (Å²) in [5, 5.41) is 0. The number of ether oxygens (including phenoxy) is 1. The van der Waals surface area contributed by atoms with Crippen LogP contribution in [0.5, 0.6) is 0 Å². The van der Waals surface area contributed by atoms with Crippen LogP contribution in [0.1, 0.15) is 29.3 Å². The highest BCUT2D eigenvalue weighted by molar-refractivity contribution is 7.89. The van der Waals surface area contributed by atoms with E-state index in [-0.39, 0.29) is 11.7 Å². The van der Waals surface area contributed by atoms with Crippen LogP contribution in [0.4, 0.5) is 16.2 Å². The molecule has 7 nitrogen and oxygen atoms in total. The Hall–Kier alpha value is -2.26. The molecule has 0 spiro atoms. The third kappa shape index (κ3) is 4.92. The smallest absolute Gasteiger partial charge is 0.222 e. The predicted molar refractivity (Wildman–Crippen MR) is 102 cm³/mol. The van der Waals surface area contributed by atoms with Crippen LogP contribution in [0.3, 0.4) is 0 Å². The van der Waals surface area contributed by atoms with Gasteiger partial charge in [0.2, 0.25) is 5.95 Å². The van der Waals surface area contributed by atoms with Crippen LogP contribution in [0.15, 0.2) is 24.3 Å². The molecule has 1 aliphatic heterocycles. The molecular weight excluding hydrogens is 371 g/mol. The monoisotopic (exact) mass is 394 g/mol. The summed E-state index contributed by atoms with van der Waals surface area (Å²) in [6, 6.07) is 5.96. The van der Waals surface area contributed by atoms with Crippen molar-refractivity contribution < 1.29 is 17.5 Å². The van der Waals surface area contributed by atoms with Gasteiger partial charge in [0.1, 0.15) is 11.6 Å². The van der Waals surface area contributed by atoms with E-state index in [9.17, 15) is 12.8 Å². The van der Waals surface area contributed by atoms with E-state index in [4.69, 9.17) is 10.5 Å². The van der Waals surface area contributed by atoms with Gasteiger partial charge in [-0.2, -0.15) is 4.98 Å². The van der Waals surface area contributed by atoms with E-state index in [0.29, 0.717) is 36.7 Å². The zero-order valence-electron chi connectivity index (χ0n) is 15.4. The SMILES string of the molecule is Cc1cc(N2CCCOCC2c2ccc(CS(C)(=O)=O)cc2F)nc(N)n1. The molecule has 0 bridgehead atoms. The molecular formula is C18H23FN4O3S. The molecule has 0 amide bonds. The number of halogens is 1. The Bertz CT molecular complexity index is 916. The Morgan fingerprint density at radius 1 is 1.33 bits per heavy atom. The predicted octanol–water partition coefficient (Wildman–Crippen LogP) is 2.02. The van der Waals surface area contributed by atoms with Crippen LogP contribution < -0.4 is 10.6 Å². The van der Waals surface area contributed by atoms with Gasteiger partial charge in [-0.25, -0.2) is 17.8 Å². The van der Waals surface area contributed by atoms with Crippen molar-refractivity contribution in [1.29, 1.82) is 0 Å². The minimum atomic E-state index is -3.23. The molecule has 1 saturated heterocycles. The molecule has 0 aliphatic carbocycles. The Labute approximate surface area is 158 Å². The highest BCUT2D eigenvalue weighted by Gasteiger charge is 2.27. The number of hydrogen-bond acceptors (Lipinski definition) is 7. The standard InChI is InChI=1S/C18H23FN4O3S/c1-12-8-17(22-18(20)21-12)23-6-3-7-26-10-16(23)14-5-4-13(9-15(14)19)11-27(2,24)25/h4-5,8-9,16H,3,6-7,10-11H2,1-2H3,(H2,20,21,22). The lowest BCUT2D eigenvalue weighted by Crippen LogP contribution is -2.32. The zero-order valence-corrected chi connectivity index (χ0v) is 16.2. The lowest BCUT2D eigenvalue weighted by molar-refractivity contribution is 0.133. The maximum Gasteiger partial charge on any atom is 0.222 e. The lowest BCUT2D eigenvalue weighted by Gasteiger charge is -2.31. The molecule has 9 heteroatoms. The molecule has 1 aromatic heterocycles. The first-order valence-corrected chi connectivity index (χ1v) is 10.7. The second-order valence-corrected chi connectivity index (χ2v) is 8.93.